The number of nitrogens with one attached hydrogen (secondary N) is 2. The number of nitrogens with zero attached hydrogens (tertiary/aromatic N) is 3. The average molecular weight is 544 g/mol. The zero-order valence-electron chi connectivity index (χ0n) is 22.5. The van der Waals surface area contributed by atoms with Gasteiger partial charge in [-0.05, 0) is 39.9 Å². The minimum absolute atomic E-state index is 0.0735. The highest BCUT2D eigenvalue weighted by molar-refractivity contribution is 5.96. The van der Waals surface area contributed by atoms with Crippen molar-refractivity contribution in [2.45, 2.75) is 18.4 Å². The number of alkyl carbamates (subject to hydrolysis) is 1. The second-order valence-corrected chi connectivity index (χ2v) is 9.98. The Kier molecular flexibility index (Phi) is 7.28. The summed E-state index contributed by atoms with van der Waals surface area (Å²) in [5.74, 6) is 0.0662. The van der Waals surface area contributed by atoms with Crippen LogP contribution in [0.2, 0.25) is 0 Å². The average Bonchev–Trinajstić information content (AvgIpc) is 3.54. The van der Waals surface area contributed by atoms with Crippen molar-refractivity contribution in [2.75, 3.05) is 11.9 Å². The molecule has 0 spiro atoms. The van der Waals surface area contributed by atoms with Gasteiger partial charge in [0.2, 0.25) is 5.91 Å². The monoisotopic (exact) mass is 543 g/mol. The third-order valence-corrected chi connectivity index (χ3v) is 7.34. The molecule has 3 aromatic carbocycles. The van der Waals surface area contributed by atoms with E-state index >= 15 is 0 Å². The van der Waals surface area contributed by atoms with Crippen LogP contribution in [0.4, 0.5) is 10.6 Å². The van der Waals surface area contributed by atoms with E-state index in [4.69, 9.17) is 4.74 Å². The summed E-state index contributed by atoms with van der Waals surface area (Å²) in [4.78, 5) is 30.7. The van der Waals surface area contributed by atoms with Gasteiger partial charge in [-0.15, -0.1) is 0 Å². The van der Waals surface area contributed by atoms with Crippen molar-refractivity contribution in [3.8, 4) is 22.4 Å². The number of amides is 2. The molecule has 0 unspecified atom stereocenters. The lowest BCUT2D eigenvalue weighted by atomic mass is 9.98. The van der Waals surface area contributed by atoms with Crippen molar-refractivity contribution in [1.82, 2.24) is 20.1 Å². The van der Waals surface area contributed by atoms with Crippen LogP contribution in [-0.4, -0.2) is 39.4 Å². The van der Waals surface area contributed by atoms with Gasteiger partial charge in [-0.2, -0.15) is 5.10 Å². The highest BCUT2D eigenvalue weighted by Crippen LogP contribution is 2.44. The Morgan fingerprint density at radius 1 is 0.878 bits per heavy atom. The fourth-order valence-electron chi connectivity index (χ4n) is 5.30. The predicted molar refractivity (Wildman–Crippen MR) is 157 cm³/mol. The van der Waals surface area contributed by atoms with Gasteiger partial charge in [0.25, 0.3) is 0 Å². The second-order valence-electron chi connectivity index (χ2n) is 9.98. The first-order valence-electron chi connectivity index (χ1n) is 13.5. The molecule has 0 radical (unpaired) electrons. The molecule has 1 aliphatic rings. The molecule has 2 amide bonds. The standard InChI is InChI=1S/C33H29N5O3/c1-38-31(20-29(37-38)23-15-17-34-18-16-23)36-32(39)30(19-22-9-3-2-4-10-22)35-33(40)41-21-28-26-13-7-5-11-24(26)25-12-6-8-14-27(25)28/h2-18,20,28,30H,19,21H2,1H3,(H,35,40)(H,36,39)/t30-/m0/s1. The van der Waals surface area contributed by atoms with Crippen molar-refractivity contribution in [2.24, 2.45) is 7.05 Å². The minimum Gasteiger partial charge on any atom is -0.449 e. The minimum atomic E-state index is -0.868. The normalized spacial score (nSPS) is 12.7. The topological polar surface area (TPSA) is 98.1 Å². The first-order chi connectivity index (χ1) is 20.1. The number of carbonyl (C=O) groups excluding carboxylic acids is 2. The summed E-state index contributed by atoms with van der Waals surface area (Å²) in [6, 6.07) is 30.5. The van der Waals surface area contributed by atoms with Crippen LogP contribution < -0.4 is 10.6 Å². The van der Waals surface area contributed by atoms with Gasteiger partial charge in [-0.1, -0.05) is 78.9 Å². The van der Waals surface area contributed by atoms with E-state index in [0.29, 0.717) is 17.9 Å². The molecule has 0 bridgehead atoms. The largest absolute Gasteiger partial charge is 0.449 e. The molecule has 41 heavy (non-hydrogen) atoms. The summed E-state index contributed by atoms with van der Waals surface area (Å²) in [6.45, 7) is 0.163. The van der Waals surface area contributed by atoms with Gasteiger partial charge in [0.05, 0.1) is 5.69 Å². The van der Waals surface area contributed by atoms with Gasteiger partial charge in [-0.3, -0.25) is 14.5 Å². The smallest absolute Gasteiger partial charge is 0.407 e. The number of anilines is 1. The molecule has 0 saturated heterocycles. The van der Waals surface area contributed by atoms with Gasteiger partial charge in [0.1, 0.15) is 18.5 Å². The van der Waals surface area contributed by atoms with E-state index in [9.17, 15) is 9.59 Å². The van der Waals surface area contributed by atoms with Gasteiger partial charge in [0, 0.05) is 43.4 Å². The lowest BCUT2D eigenvalue weighted by Crippen LogP contribution is -2.45. The Hall–Kier alpha value is -5.24. The fraction of sp³-hybridized carbons (Fsp3) is 0.152. The molecule has 5 aromatic rings. The molecule has 1 aliphatic carbocycles. The van der Waals surface area contributed by atoms with E-state index in [2.05, 4.69) is 45.0 Å². The van der Waals surface area contributed by atoms with Crippen LogP contribution in [0.5, 0.6) is 0 Å². The number of hydrogen-bond donors (Lipinski definition) is 2. The molecule has 0 aliphatic heterocycles. The molecule has 0 saturated carbocycles. The number of carbonyl (C=O) groups is 2. The van der Waals surface area contributed by atoms with Gasteiger partial charge >= 0.3 is 6.09 Å². The number of rotatable bonds is 8. The number of ether oxygens (including phenoxy) is 1. The number of fused-ring (bicyclic) bond motifs is 3. The summed E-state index contributed by atoms with van der Waals surface area (Å²) < 4.78 is 7.34. The third kappa shape index (κ3) is 5.58. The van der Waals surface area contributed by atoms with Crippen LogP contribution in [0.25, 0.3) is 22.4 Å². The van der Waals surface area contributed by atoms with Gasteiger partial charge in [0.15, 0.2) is 0 Å². The summed E-state index contributed by atoms with van der Waals surface area (Å²) in [5, 5.41) is 10.2. The van der Waals surface area contributed by atoms with E-state index in [1.165, 1.54) is 0 Å². The summed E-state index contributed by atoms with van der Waals surface area (Å²) >= 11 is 0. The van der Waals surface area contributed by atoms with Crippen LogP contribution in [0.1, 0.15) is 22.6 Å². The molecule has 2 N–H and O–H groups in total. The van der Waals surface area contributed by atoms with E-state index in [1.807, 2.05) is 66.7 Å². The van der Waals surface area contributed by atoms with Crippen molar-refractivity contribution >= 4 is 17.8 Å². The van der Waals surface area contributed by atoms with Crippen LogP contribution in [-0.2, 0) is 23.0 Å². The number of pyridine rings is 1. The highest BCUT2D eigenvalue weighted by Gasteiger charge is 2.30. The van der Waals surface area contributed by atoms with E-state index in [1.54, 1.807) is 30.2 Å². The summed E-state index contributed by atoms with van der Waals surface area (Å²) in [5.41, 5.74) is 7.06. The first-order valence-corrected chi connectivity index (χ1v) is 13.5. The Morgan fingerprint density at radius 3 is 2.20 bits per heavy atom. The molecule has 0 fully saturated rings. The van der Waals surface area contributed by atoms with Gasteiger partial charge < -0.3 is 15.4 Å². The Bertz CT molecular complexity index is 1640. The fourth-order valence-corrected chi connectivity index (χ4v) is 5.30. The molecular weight excluding hydrogens is 514 g/mol. The SMILES string of the molecule is Cn1nc(-c2ccncc2)cc1NC(=O)[C@H](Cc1ccccc1)NC(=O)OCC1c2ccccc2-c2ccccc21. The first kappa shape index (κ1) is 26.0. The number of benzene rings is 3. The maximum Gasteiger partial charge on any atom is 0.407 e. The summed E-state index contributed by atoms with van der Waals surface area (Å²) in [6.07, 6.45) is 3.03. The highest BCUT2D eigenvalue weighted by atomic mass is 16.5. The maximum atomic E-state index is 13.5. The van der Waals surface area contributed by atoms with Crippen LogP contribution in [0.3, 0.4) is 0 Å². The van der Waals surface area contributed by atoms with Crippen molar-refractivity contribution in [3.63, 3.8) is 0 Å². The molecule has 8 nitrogen and oxygen atoms in total. The Morgan fingerprint density at radius 2 is 1.51 bits per heavy atom. The third-order valence-electron chi connectivity index (χ3n) is 7.34. The molecule has 204 valence electrons. The van der Waals surface area contributed by atoms with E-state index < -0.39 is 12.1 Å². The zero-order valence-corrected chi connectivity index (χ0v) is 22.5. The second kappa shape index (κ2) is 11.5. The number of hydrogen-bond acceptors (Lipinski definition) is 5. The van der Waals surface area contributed by atoms with Crippen molar-refractivity contribution in [1.29, 1.82) is 0 Å². The summed E-state index contributed by atoms with van der Waals surface area (Å²) in [7, 11) is 1.76. The Balaban J connectivity index is 1.17. The lowest BCUT2D eigenvalue weighted by Gasteiger charge is -2.20. The molecule has 2 aromatic heterocycles. The molecule has 1 atom stereocenters. The maximum absolute atomic E-state index is 13.5. The quantitative estimate of drug-likeness (QED) is 0.267. The molecule has 6 rings (SSSR count). The van der Waals surface area contributed by atoms with E-state index in [0.717, 1.165) is 33.4 Å². The molecule has 2 heterocycles. The zero-order chi connectivity index (χ0) is 28.2. The predicted octanol–water partition coefficient (Wildman–Crippen LogP) is 5.57. The van der Waals surface area contributed by atoms with Gasteiger partial charge in [-0.25, -0.2) is 4.79 Å². The number of aryl methyl sites for hydroxylation is 1. The molecular formula is C33H29N5O3. The van der Waals surface area contributed by atoms with E-state index in [-0.39, 0.29) is 18.4 Å². The molecule has 8 heteroatoms. The van der Waals surface area contributed by atoms with Crippen molar-refractivity contribution in [3.05, 3.63) is 126 Å². The number of aromatic nitrogens is 3. The Labute approximate surface area is 238 Å². The van der Waals surface area contributed by atoms with Crippen LogP contribution >= 0.6 is 0 Å². The van der Waals surface area contributed by atoms with Crippen LogP contribution in [0.15, 0.2) is 109 Å². The van der Waals surface area contributed by atoms with Crippen molar-refractivity contribution < 1.29 is 14.3 Å². The lowest BCUT2D eigenvalue weighted by molar-refractivity contribution is -0.118. The van der Waals surface area contributed by atoms with Crippen LogP contribution in [0, 0.1) is 0 Å².